The largest absolute Gasteiger partial charge is 0.381 e. The van der Waals surface area contributed by atoms with Crippen molar-refractivity contribution >= 4 is 0 Å². The molecule has 1 saturated heterocycles. The van der Waals surface area contributed by atoms with Crippen LogP contribution in [0.25, 0.3) is 0 Å². The van der Waals surface area contributed by atoms with Crippen LogP contribution < -0.4 is 5.73 Å². The van der Waals surface area contributed by atoms with Gasteiger partial charge in [0.05, 0.1) is 0 Å². The fourth-order valence-corrected chi connectivity index (χ4v) is 2.71. The van der Waals surface area contributed by atoms with Gasteiger partial charge in [0.25, 0.3) is 0 Å². The molecule has 2 rings (SSSR count). The topological polar surface area (TPSA) is 35.2 Å². The summed E-state index contributed by atoms with van der Waals surface area (Å²) in [5.41, 5.74) is 5.86. The average Bonchev–Trinajstić information content (AvgIpc) is 2.02. The normalized spacial score (nSPS) is 38.3. The Bertz CT molecular complexity index is 157. The zero-order chi connectivity index (χ0) is 9.26. The molecule has 1 heterocycles. The van der Waals surface area contributed by atoms with Crippen molar-refractivity contribution in [2.24, 2.45) is 23.5 Å². The summed E-state index contributed by atoms with van der Waals surface area (Å²) in [6.07, 6.45) is 5.33. The monoisotopic (exact) mass is 183 g/mol. The van der Waals surface area contributed by atoms with Crippen molar-refractivity contribution in [3.8, 4) is 0 Å². The molecule has 1 aliphatic heterocycles. The van der Waals surface area contributed by atoms with Gasteiger partial charge in [0.15, 0.2) is 0 Å². The lowest BCUT2D eigenvalue weighted by atomic mass is 9.64. The van der Waals surface area contributed by atoms with Gasteiger partial charge in [-0.25, -0.2) is 0 Å². The van der Waals surface area contributed by atoms with E-state index in [9.17, 15) is 0 Å². The van der Waals surface area contributed by atoms with Crippen molar-refractivity contribution in [3.63, 3.8) is 0 Å². The molecule has 0 amide bonds. The molecule has 76 valence electrons. The summed E-state index contributed by atoms with van der Waals surface area (Å²) in [4.78, 5) is 0. The summed E-state index contributed by atoms with van der Waals surface area (Å²) in [6, 6.07) is 0.413. The first-order valence-electron chi connectivity index (χ1n) is 5.60. The summed E-state index contributed by atoms with van der Waals surface area (Å²) in [6.45, 7) is 4.12. The van der Waals surface area contributed by atoms with E-state index in [1.54, 1.807) is 0 Å². The lowest BCUT2D eigenvalue weighted by Gasteiger charge is -2.43. The third-order valence-corrected chi connectivity index (χ3v) is 3.89. The predicted molar refractivity (Wildman–Crippen MR) is 53.4 cm³/mol. The van der Waals surface area contributed by atoms with Crippen LogP contribution in [0.2, 0.25) is 0 Å². The van der Waals surface area contributed by atoms with Crippen LogP contribution in [-0.2, 0) is 4.74 Å². The first-order valence-corrected chi connectivity index (χ1v) is 5.60. The number of ether oxygens (including phenoxy) is 1. The molecule has 2 aliphatic rings. The molecular weight excluding hydrogens is 162 g/mol. The SMILES string of the molecule is CC(N)C1CC(C2CCOCC2)C1. The summed E-state index contributed by atoms with van der Waals surface area (Å²) in [7, 11) is 0. The van der Waals surface area contributed by atoms with Gasteiger partial charge >= 0.3 is 0 Å². The fourth-order valence-electron chi connectivity index (χ4n) is 2.71. The zero-order valence-corrected chi connectivity index (χ0v) is 8.54. The Labute approximate surface area is 80.8 Å². The minimum Gasteiger partial charge on any atom is -0.381 e. The number of hydrogen-bond donors (Lipinski definition) is 1. The highest BCUT2D eigenvalue weighted by atomic mass is 16.5. The number of nitrogens with two attached hydrogens (primary N) is 1. The molecule has 0 aromatic carbocycles. The average molecular weight is 183 g/mol. The molecule has 2 heteroatoms. The summed E-state index contributed by atoms with van der Waals surface area (Å²) in [5.74, 6) is 2.73. The Hall–Kier alpha value is -0.0800. The molecule has 2 fully saturated rings. The van der Waals surface area contributed by atoms with Crippen LogP contribution in [0.4, 0.5) is 0 Å². The van der Waals surface area contributed by atoms with Crippen molar-refractivity contribution in [1.29, 1.82) is 0 Å². The Balaban J connectivity index is 1.72. The maximum atomic E-state index is 5.86. The maximum Gasteiger partial charge on any atom is 0.0468 e. The van der Waals surface area contributed by atoms with Crippen LogP contribution in [-0.4, -0.2) is 19.3 Å². The van der Waals surface area contributed by atoms with Crippen LogP contribution in [0.3, 0.4) is 0 Å². The Morgan fingerprint density at radius 1 is 1.15 bits per heavy atom. The summed E-state index contributed by atoms with van der Waals surface area (Å²) >= 11 is 0. The molecule has 0 radical (unpaired) electrons. The van der Waals surface area contributed by atoms with E-state index in [0.29, 0.717) is 6.04 Å². The molecule has 13 heavy (non-hydrogen) atoms. The van der Waals surface area contributed by atoms with E-state index in [2.05, 4.69) is 6.92 Å². The van der Waals surface area contributed by atoms with Crippen LogP contribution in [0.5, 0.6) is 0 Å². The zero-order valence-electron chi connectivity index (χ0n) is 8.54. The number of hydrogen-bond acceptors (Lipinski definition) is 2. The summed E-state index contributed by atoms with van der Waals surface area (Å²) < 4.78 is 5.37. The quantitative estimate of drug-likeness (QED) is 0.708. The lowest BCUT2D eigenvalue weighted by molar-refractivity contribution is 0.00883. The second-order valence-electron chi connectivity index (χ2n) is 4.80. The van der Waals surface area contributed by atoms with Crippen molar-refractivity contribution in [3.05, 3.63) is 0 Å². The highest BCUT2D eigenvalue weighted by Crippen LogP contribution is 2.43. The standard InChI is InChI=1S/C11H21NO/c1-8(12)10-6-11(7-10)9-2-4-13-5-3-9/h8-11H,2-7,12H2,1H3. The Kier molecular flexibility index (Phi) is 2.89. The maximum absolute atomic E-state index is 5.86. The molecule has 1 saturated carbocycles. The Morgan fingerprint density at radius 3 is 2.31 bits per heavy atom. The predicted octanol–water partition coefficient (Wildman–Crippen LogP) is 1.79. The van der Waals surface area contributed by atoms with E-state index in [-0.39, 0.29) is 0 Å². The van der Waals surface area contributed by atoms with Crippen molar-refractivity contribution in [2.75, 3.05) is 13.2 Å². The van der Waals surface area contributed by atoms with E-state index in [4.69, 9.17) is 10.5 Å². The van der Waals surface area contributed by atoms with Gasteiger partial charge in [0.2, 0.25) is 0 Å². The van der Waals surface area contributed by atoms with E-state index < -0.39 is 0 Å². The molecule has 0 aromatic heterocycles. The van der Waals surface area contributed by atoms with Crippen LogP contribution in [0.1, 0.15) is 32.6 Å². The van der Waals surface area contributed by atoms with Crippen LogP contribution in [0.15, 0.2) is 0 Å². The molecule has 1 aliphatic carbocycles. The van der Waals surface area contributed by atoms with E-state index >= 15 is 0 Å². The lowest BCUT2D eigenvalue weighted by Crippen LogP contribution is -2.41. The van der Waals surface area contributed by atoms with Gasteiger partial charge in [-0.15, -0.1) is 0 Å². The molecule has 2 N–H and O–H groups in total. The fraction of sp³-hybridized carbons (Fsp3) is 1.00. The van der Waals surface area contributed by atoms with Gasteiger partial charge in [-0.05, 0) is 50.4 Å². The Morgan fingerprint density at radius 2 is 1.77 bits per heavy atom. The highest BCUT2D eigenvalue weighted by Gasteiger charge is 2.36. The first kappa shape index (κ1) is 9.47. The minimum absolute atomic E-state index is 0.413. The van der Waals surface area contributed by atoms with Gasteiger partial charge in [-0.3, -0.25) is 0 Å². The number of rotatable bonds is 2. The second-order valence-corrected chi connectivity index (χ2v) is 4.80. The second kappa shape index (κ2) is 3.97. The molecule has 0 spiro atoms. The molecule has 0 aromatic rings. The van der Waals surface area contributed by atoms with Gasteiger partial charge in [-0.1, -0.05) is 0 Å². The molecule has 0 bridgehead atoms. The van der Waals surface area contributed by atoms with E-state index in [1.807, 2.05) is 0 Å². The van der Waals surface area contributed by atoms with Gasteiger partial charge in [0, 0.05) is 19.3 Å². The molecule has 1 unspecified atom stereocenters. The van der Waals surface area contributed by atoms with E-state index in [1.165, 1.54) is 25.7 Å². The van der Waals surface area contributed by atoms with Crippen LogP contribution >= 0.6 is 0 Å². The molecular formula is C11H21NO. The molecule has 2 nitrogen and oxygen atoms in total. The van der Waals surface area contributed by atoms with Crippen molar-refractivity contribution in [2.45, 2.75) is 38.6 Å². The minimum atomic E-state index is 0.413. The smallest absolute Gasteiger partial charge is 0.0468 e. The third-order valence-electron chi connectivity index (χ3n) is 3.89. The van der Waals surface area contributed by atoms with Crippen LogP contribution in [0, 0.1) is 17.8 Å². The first-order chi connectivity index (χ1) is 6.27. The third kappa shape index (κ3) is 2.05. The van der Waals surface area contributed by atoms with E-state index in [0.717, 1.165) is 31.0 Å². The summed E-state index contributed by atoms with van der Waals surface area (Å²) in [5, 5.41) is 0. The molecule has 1 atom stereocenters. The van der Waals surface area contributed by atoms with Crippen molar-refractivity contribution in [1.82, 2.24) is 0 Å². The van der Waals surface area contributed by atoms with Gasteiger partial charge in [-0.2, -0.15) is 0 Å². The van der Waals surface area contributed by atoms with Gasteiger partial charge < -0.3 is 10.5 Å². The van der Waals surface area contributed by atoms with Gasteiger partial charge in [0.1, 0.15) is 0 Å². The van der Waals surface area contributed by atoms with Crippen molar-refractivity contribution < 1.29 is 4.74 Å². The highest BCUT2D eigenvalue weighted by molar-refractivity contribution is 4.88.